The number of benzene rings is 1. The lowest BCUT2D eigenvalue weighted by Crippen LogP contribution is -2.14. The third-order valence-corrected chi connectivity index (χ3v) is 1.61. The molecule has 0 radical (unpaired) electrons. The molecule has 0 bridgehead atoms. The highest BCUT2D eigenvalue weighted by molar-refractivity contribution is 5.85. The number of phenols is 2. The van der Waals surface area contributed by atoms with Crippen molar-refractivity contribution in [2.75, 3.05) is 6.61 Å². The van der Waals surface area contributed by atoms with Crippen molar-refractivity contribution < 1.29 is 15.3 Å². The molecule has 0 aliphatic heterocycles. The maximum Gasteiger partial charge on any atom is 0.124 e. The van der Waals surface area contributed by atoms with E-state index in [0.717, 1.165) is 0 Å². The highest BCUT2D eigenvalue weighted by atomic mass is 35.5. The van der Waals surface area contributed by atoms with Crippen molar-refractivity contribution in [2.24, 2.45) is 5.73 Å². The van der Waals surface area contributed by atoms with Crippen molar-refractivity contribution in [2.45, 2.75) is 6.04 Å². The molecule has 0 aliphatic rings. The van der Waals surface area contributed by atoms with Gasteiger partial charge in [0.25, 0.3) is 0 Å². The van der Waals surface area contributed by atoms with E-state index in [1.807, 2.05) is 0 Å². The number of aliphatic hydroxyl groups is 1. The predicted molar refractivity (Wildman–Crippen MR) is 51.0 cm³/mol. The van der Waals surface area contributed by atoms with Crippen LogP contribution in [-0.4, -0.2) is 21.9 Å². The second-order valence-corrected chi connectivity index (χ2v) is 2.53. The third kappa shape index (κ3) is 2.77. The van der Waals surface area contributed by atoms with Crippen molar-refractivity contribution in [3.8, 4) is 11.5 Å². The zero-order chi connectivity index (χ0) is 9.14. The Balaban J connectivity index is 0.00000144. The molecule has 0 spiro atoms. The summed E-state index contributed by atoms with van der Waals surface area (Å²) >= 11 is 0. The van der Waals surface area contributed by atoms with Crippen LogP contribution >= 0.6 is 12.4 Å². The van der Waals surface area contributed by atoms with Crippen LogP contribution in [0, 0.1) is 0 Å². The summed E-state index contributed by atoms with van der Waals surface area (Å²) in [5, 5.41) is 26.9. The van der Waals surface area contributed by atoms with Gasteiger partial charge in [-0.2, -0.15) is 0 Å². The molecule has 1 rings (SSSR count). The van der Waals surface area contributed by atoms with Crippen molar-refractivity contribution >= 4 is 12.4 Å². The molecule has 1 aromatic rings. The van der Waals surface area contributed by atoms with E-state index in [0.29, 0.717) is 5.56 Å². The Morgan fingerprint density at radius 1 is 1.31 bits per heavy atom. The third-order valence-electron chi connectivity index (χ3n) is 1.61. The highest BCUT2D eigenvalue weighted by Gasteiger charge is 2.09. The molecule has 5 heteroatoms. The summed E-state index contributed by atoms with van der Waals surface area (Å²) in [7, 11) is 0. The van der Waals surface area contributed by atoms with Gasteiger partial charge in [0, 0.05) is 11.6 Å². The lowest BCUT2D eigenvalue weighted by Gasteiger charge is -2.10. The van der Waals surface area contributed by atoms with Gasteiger partial charge in [-0.1, -0.05) is 6.07 Å². The Bertz CT molecular complexity index is 280. The van der Waals surface area contributed by atoms with Crippen LogP contribution in [0.15, 0.2) is 18.2 Å². The molecular weight excluding hydrogens is 194 g/mol. The van der Waals surface area contributed by atoms with Crippen LogP contribution in [0.5, 0.6) is 11.5 Å². The number of aliphatic hydroxyl groups excluding tert-OH is 1. The average molecular weight is 206 g/mol. The summed E-state index contributed by atoms with van der Waals surface area (Å²) in [6, 6.07) is 3.46. The number of phenolic OH excluding ortho intramolecular Hbond substituents is 2. The second kappa shape index (κ2) is 4.91. The van der Waals surface area contributed by atoms with Gasteiger partial charge in [-0.3, -0.25) is 0 Å². The number of hydrogen-bond donors (Lipinski definition) is 4. The average Bonchev–Trinajstić information content (AvgIpc) is 2.03. The standard InChI is InChI=1S/C8H11NO3.ClH/c9-7(4-10)6-2-1-5(11)3-8(6)12;/h1-3,7,10-12H,4,9H2;1H/t7-;/m1./s1. The summed E-state index contributed by atoms with van der Waals surface area (Å²) < 4.78 is 0. The van der Waals surface area contributed by atoms with Gasteiger partial charge in [0.2, 0.25) is 0 Å². The van der Waals surface area contributed by atoms with Gasteiger partial charge in [-0.05, 0) is 6.07 Å². The zero-order valence-corrected chi connectivity index (χ0v) is 7.66. The Kier molecular flexibility index (Phi) is 4.55. The molecule has 0 aliphatic carbocycles. The fourth-order valence-electron chi connectivity index (χ4n) is 0.944. The molecule has 1 aromatic carbocycles. The number of aromatic hydroxyl groups is 2. The summed E-state index contributed by atoms with van der Waals surface area (Å²) in [6.07, 6.45) is 0. The van der Waals surface area contributed by atoms with Crippen LogP contribution in [0.1, 0.15) is 11.6 Å². The van der Waals surface area contributed by atoms with E-state index in [9.17, 15) is 5.11 Å². The van der Waals surface area contributed by atoms with Crippen molar-refractivity contribution in [3.63, 3.8) is 0 Å². The SMILES string of the molecule is Cl.N[C@H](CO)c1ccc(O)cc1O. The summed E-state index contributed by atoms with van der Waals surface area (Å²) in [5.41, 5.74) is 5.88. The van der Waals surface area contributed by atoms with E-state index in [4.69, 9.17) is 15.9 Å². The van der Waals surface area contributed by atoms with Crippen molar-refractivity contribution in [1.82, 2.24) is 0 Å². The smallest absolute Gasteiger partial charge is 0.124 e. The first-order valence-corrected chi connectivity index (χ1v) is 3.53. The number of hydrogen-bond acceptors (Lipinski definition) is 4. The molecule has 0 heterocycles. The van der Waals surface area contributed by atoms with E-state index in [-0.39, 0.29) is 30.5 Å². The largest absolute Gasteiger partial charge is 0.508 e. The van der Waals surface area contributed by atoms with Crippen LogP contribution in [0.25, 0.3) is 0 Å². The first-order valence-electron chi connectivity index (χ1n) is 3.53. The summed E-state index contributed by atoms with van der Waals surface area (Å²) in [6.45, 7) is -0.238. The molecule has 0 saturated carbocycles. The molecule has 0 aromatic heterocycles. The minimum atomic E-state index is -0.606. The Labute approximate surface area is 82.0 Å². The molecule has 0 amide bonds. The molecular formula is C8H12ClNO3. The lowest BCUT2D eigenvalue weighted by molar-refractivity contribution is 0.265. The zero-order valence-electron chi connectivity index (χ0n) is 6.84. The molecule has 0 unspecified atom stereocenters. The summed E-state index contributed by atoms with van der Waals surface area (Å²) in [5.74, 6) is -0.127. The molecule has 5 N–H and O–H groups in total. The van der Waals surface area contributed by atoms with E-state index in [1.165, 1.54) is 18.2 Å². The fourth-order valence-corrected chi connectivity index (χ4v) is 0.944. The fraction of sp³-hybridized carbons (Fsp3) is 0.250. The lowest BCUT2D eigenvalue weighted by atomic mass is 10.1. The van der Waals surface area contributed by atoms with E-state index >= 15 is 0 Å². The van der Waals surface area contributed by atoms with Crippen LogP contribution in [0.2, 0.25) is 0 Å². The van der Waals surface area contributed by atoms with Crippen LogP contribution < -0.4 is 5.73 Å². The topological polar surface area (TPSA) is 86.7 Å². The van der Waals surface area contributed by atoms with Gasteiger partial charge in [0.1, 0.15) is 11.5 Å². The van der Waals surface area contributed by atoms with Crippen LogP contribution in [-0.2, 0) is 0 Å². The number of rotatable bonds is 2. The quantitative estimate of drug-likeness (QED) is 0.567. The van der Waals surface area contributed by atoms with Gasteiger partial charge >= 0.3 is 0 Å². The normalized spacial score (nSPS) is 11.8. The van der Waals surface area contributed by atoms with Gasteiger partial charge < -0.3 is 21.1 Å². The van der Waals surface area contributed by atoms with Crippen molar-refractivity contribution in [3.05, 3.63) is 23.8 Å². The van der Waals surface area contributed by atoms with Crippen LogP contribution in [0.3, 0.4) is 0 Å². The Morgan fingerprint density at radius 2 is 1.92 bits per heavy atom. The van der Waals surface area contributed by atoms with E-state index < -0.39 is 6.04 Å². The van der Waals surface area contributed by atoms with Crippen LogP contribution in [0.4, 0.5) is 0 Å². The number of nitrogens with two attached hydrogens (primary N) is 1. The molecule has 0 saturated heterocycles. The van der Waals surface area contributed by atoms with Gasteiger partial charge in [-0.15, -0.1) is 12.4 Å². The van der Waals surface area contributed by atoms with E-state index in [1.54, 1.807) is 0 Å². The minimum Gasteiger partial charge on any atom is -0.508 e. The maximum atomic E-state index is 9.24. The first-order chi connectivity index (χ1) is 5.65. The number of halogens is 1. The highest BCUT2D eigenvalue weighted by Crippen LogP contribution is 2.26. The minimum absolute atomic E-state index is 0. The molecule has 0 fully saturated rings. The van der Waals surface area contributed by atoms with Crippen molar-refractivity contribution in [1.29, 1.82) is 0 Å². The Hall–Kier alpha value is -0.970. The first kappa shape index (κ1) is 12.0. The molecule has 4 nitrogen and oxygen atoms in total. The predicted octanol–water partition coefficient (Wildman–Crippen LogP) is 0.512. The summed E-state index contributed by atoms with van der Waals surface area (Å²) in [4.78, 5) is 0. The van der Waals surface area contributed by atoms with Gasteiger partial charge in [-0.25, -0.2) is 0 Å². The molecule has 1 atom stereocenters. The van der Waals surface area contributed by atoms with Gasteiger partial charge in [0.15, 0.2) is 0 Å². The monoisotopic (exact) mass is 205 g/mol. The molecule has 74 valence electrons. The molecule has 13 heavy (non-hydrogen) atoms. The van der Waals surface area contributed by atoms with E-state index in [2.05, 4.69) is 0 Å². The van der Waals surface area contributed by atoms with Gasteiger partial charge in [0.05, 0.1) is 12.6 Å². The Morgan fingerprint density at radius 3 is 2.38 bits per heavy atom. The maximum absolute atomic E-state index is 9.24. The second-order valence-electron chi connectivity index (χ2n) is 2.53.